The molecule has 94 valence electrons. The van der Waals surface area contributed by atoms with Crippen LogP contribution in [0.4, 0.5) is 11.4 Å². The third-order valence-electron chi connectivity index (χ3n) is 2.02. The maximum absolute atomic E-state index is 11.7. The van der Waals surface area contributed by atoms with Crippen LogP contribution >= 0.6 is 23.4 Å². The van der Waals surface area contributed by atoms with Gasteiger partial charge in [-0.3, -0.25) is 4.79 Å². The number of anilines is 2. The lowest BCUT2D eigenvalue weighted by atomic mass is 10.2. The molecule has 3 N–H and O–H groups in total. The Bertz CT molecular complexity index is 545. The van der Waals surface area contributed by atoms with E-state index in [-0.39, 0.29) is 11.7 Å². The predicted octanol–water partition coefficient (Wildman–Crippen LogP) is 2.64. The first-order chi connectivity index (χ1) is 8.65. The standard InChI is InChI=1S/C11H10ClN3O2S/c12-7-1-2-9(8(13)5-7)15-10(16)6-18-11-14-3-4-17-11/h1-5H,6,13H2,(H,15,16). The van der Waals surface area contributed by atoms with Crippen LogP contribution in [0.2, 0.25) is 5.02 Å². The van der Waals surface area contributed by atoms with Gasteiger partial charge >= 0.3 is 0 Å². The van der Waals surface area contributed by atoms with Crippen LogP contribution in [0.15, 0.2) is 40.3 Å². The number of halogens is 1. The van der Waals surface area contributed by atoms with E-state index in [0.717, 1.165) is 0 Å². The maximum Gasteiger partial charge on any atom is 0.256 e. The lowest BCUT2D eigenvalue weighted by Gasteiger charge is -2.07. The quantitative estimate of drug-likeness (QED) is 0.666. The summed E-state index contributed by atoms with van der Waals surface area (Å²) < 4.78 is 5.00. The predicted molar refractivity (Wildman–Crippen MR) is 71.7 cm³/mol. The topological polar surface area (TPSA) is 81.1 Å². The Morgan fingerprint density at radius 1 is 1.56 bits per heavy atom. The van der Waals surface area contributed by atoms with Gasteiger partial charge in [-0.2, -0.15) is 0 Å². The lowest BCUT2D eigenvalue weighted by Crippen LogP contribution is -2.15. The van der Waals surface area contributed by atoms with E-state index in [4.69, 9.17) is 21.8 Å². The Labute approximate surface area is 113 Å². The molecule has 18 heavy (non-hydrogen) atoms. The van der Waals surface area contributed by atoms with E-state index < -0.39 is 0 Å². The van der Waals surface area contributed by atoms with Crippen molar-refractivity contribution in [2.24, 2.45) is 0 Å². The van der Waals surface area contributed by atoms with E-state index in [9.17, 15) is 4.79 Å². The van der Waals surface area contributed by atoms with Gasteiger partial charge in [0, 0.05) is 5.02 Å². The van der Waals surface area contributed by atoms with Crippen molar-refractivity contribution in [1.82, 2.24) is 4.98 Å². The summed E-state index contributed by atoms with van der Waals surface area (Å²) >= 11 is 6.97. The number of nitrogen functional groups attached to an aromatic ring is 1. The van der Waals surface area contributed by atoms with Crippen LogP contribution in [-0.2, 0) is 4.79 Å². The largest absolute Gasteiger partial charge is 0.440 e. The molecule has 0 saturated heterocycles. The van der Waals surface area contributed by atoms with E-state index >= 15 is 0 Å². The summed E-state index contributed by atoms with van der Waals surface area (Å²) in [5.74, 6) is 0.00925. The highest BCUT2D eigenvalue weighted by atomic mass is 35.5. The van der Waals surface area contributed by atoms with Crippen LogP contribution < -0.4 is 11.1 Å². The van der Waals surface area contributed by atoms with Crippen molar-refractivity contribution >= 4 is 40.6 Å². The van der Waals surface area contributed by atoms with Crippen molar-refractivity contribution in [3.05, 3.63) is 35.7 Å². The summed E-state index contributed by atoms with van der Waals surface area (Å²) in [5.41, 5.74) is 6.69. The third kappa shape index (κ3) is 3.41. The summed E-state index contributed by atoms with van der Waals surface area (Å²) in [6.07, 6.45) is 2.98. The van der Waals surface area contributed by atoms with Crippen molar-refractivity contribution in [1.29, 1.82) is 0 Å². The molecule has 0 spiro atoms. The molecule has 1 heterocycles. The molecule has 2 aromatic rings. The zero-order chi connectivity index (χ0) is 13.0. The Morgan fingerprint density at radius 2 is 2.39 bits per heavy atom. The second-order valence-electron chi connectivity index (χ2n) is 3.37. The smallest absolute Gasteiger partial charge is 0.256 e. The van der Waals surface area contributed by atoms with Crippen molar-refractivity contribution in [2.45, 2.75) is 5.22 Å². The molecular formula is C11H10ClN3O2S. The number of aromatic nitrogens is 1. The average Bonchev–Trinajstić information content (AvgIpc) is 2.83. The minimum atomic E-state index is -0.188. The van der Waals surface area contributed by atoms with Crippen molar-refractivity contribution < 1.29 is 9.21 Å². The van der Waals surface area contributed by atoms with Crippen LogP contribution in [-0.4, -0.2) is 16.6 Å². The molecule has 0 unspecified atom stereocenters. The number of oxazole rings is 1. The zero-order valence-electron chi connectivity index (χ0n) is 9.22. The summed E-state index contributed by atoms with van der Waals surface area (Å²) in [6, 6.07) is 4.90. The Morgan fingerprint density at radius 3 is 3.06 bits per heavy atom. The Hall–Kier alpha value is -1.66. The number of amides is 1. The van der Waals surface area contributed by atoms with Crippen LogP contribution in [0.25, 0.3) is 0 Å². The number of nitrogens with zero attached hydrogens (tertiary/aromatic N) is 1. The van der Waals surface area contributed by atoms with Gasteiger partial charge in [0.2, 0.25) is 5.91 Å². The van der Waals surface area contributed by atoms with E-state index in [2.05, 4.69) is 10.3 Å². The number of benzene rings is 1. The van der Waals surface area contributed by atoms with Crippen LogP contribution in [0.3, 0.4) is 0 Å². The number of rotatable bonds is 4. The van der Waals surface area contributed by atoms with Crippen molar-refractivity contribution in [2.75, 3.05) is 16.8 Å². The van der Waals surface area contributed by atoms with E-state index in [1.54, 1.807) is 18.2 Å². The monoisotopic (exact) mass is 283 g/mol. The molecule has 2 rings (SSSR count). The molecule has 0 aliphatic carbocycles. The lowest BCUT2D eigenvalue weighted by molar-refractivity contribution is -0.113. The SMILES string of the molecule is Nc1cc(Cl)ccc1NC(=O)CSc1ncco1. The van der Waals surface area contributed by atoms with E-state index in [1.807, 2.05) is 0 Å². The average molecular weight is 284 g/mol. The molecule has 0 bridgehead atoms. The maximum atomic E-state index is 11.7. The second kappa shape index (κ2) is 5.79. The van der Waals surface area contributed by atoms with Gasteiger partial charge in [0.15, 0.2) is 0 Å². The summed E-state index contributed by atoms with van der Waals surface area (Å²) in [6.45, 7) is 0. The summed E-state index contributed by atoms with van der Waals surface area (Å²) in [5, 5.41) is 3.67. The molecule has 0 atom stereocenters. The van der Waals surface area contributed by atoms with Crippen molar-refractivity contribution in [3.63, 3.8) is 0 Å². The first-order valence-electron chi connectivity index (χ1n) is 5.02. The van der Waals surface area contributed by atoms with Gasteiger partial charge < -0.3 is 15.5 Å². The van der Waals surface area contributed by atoms with Gasteiger partial charge in [-0.1, -0.05) is 23.4 Å². The molecule has 0 radical (unpaired) electrons. The second-order valence-corrected chi connectivity index (χ2v) is 4.73. The van der Waals surface area contributed by atoms with Gasteiger partial charge in [-0.25, -0.2) is 4.98 Å². The van der Waals surface area contributed by atoms with Gasteiger partial charge in [0.1, 0.15) is 6.26 Å². The number of nitrogens with two attached hydrogens (primary N) is 1. The fourth-order valence-corrected chi connectivity index (χ4v) is 2.01. The van der Waals surface area contributed by atoms with Crippen molar-refractivity contribution in [3.8, 4) is 0 Å². The Balaban J connectivity index is 1.91. The summed E-state index contributed by atoms with van der Waals surface area (Å²) in [7, 11) is 0. The number of nitrogens with one attached hydrogen (secondary N) is 1. The van der Waals surface area contributed by atoms with Crippen LogP contribution in [0.1, 0.15) is 0 Å². The van der Waals surface area contributed by atoms with Crippen LogP contribution in [0, 0.1) is 0 Å². The minimum Gasteiger partial charge on any atom is -0.440 e. The third-order valence-corrected chi connectivity index (χ3v) is 3.11. The van der Waals surface area contributed by atoms with E-state index in [0.29, 0.717) is 21.6 Å². The number of thioether (sulfide) groups is 1. The molecule has 1 amide bonds. The molecule has 1 aromatic heterocycles. The highest BCUT2D eigenvalue weighted by Crippen LogP contribution is 2.23. The van der Waals surface area contributed by atoms with Gasteiger partial charge in [-0.05, 0) is 18.2 Å². The van der Waals surface area contributed by atoms with E-state index in [1.165, 1.54) is 24.2 Å². The minimum absolute atomic E-state index is 0.188. The first kappa shape index (κ1) is 12.8. The fourth-order valence-electron chi connectivity index (χ4n) is 1.24. The number of hydrogen-bond acceptors (Lipinski definition) is 5. The first-order valence-corrected chi connectivity index (χ1v) is 6.38. The van der Waals surface area contributed by atoms with Gasteiger partial charge in [0.25, 0.3) is 5.22 Å². The molecule has 5 nitrogen and oxygen atoms in total. The molecule has 1 aromatic carbocycles. The highest BCUT2D eigenvalue weighted by molar-refractivity contribution is 7.99. The molecular weight excluding hydrogens is 274 g/mol. The number of hydrogen-bond donors (Lipinski definition) is 2. The van der Waals surface area contributed by atoms with Crippen LogP contribution in [0.5, 0.6) is 0 Å². The number of carbonyl (C=O) groups excluding carboxylic acids is 1. The molecule has 0 aliphatic rings. The van der Waals surface area contributed by atoms with Gasteiger partial charge in [-0.15, -0.1) is 0 Å². The molecule has 7 heteroatoms. The highest BCUT2D eigenvalue weighted by Gasteiger charge is 2.08. The molecule has 0 saturated carbocycles. The summed E-state index contributed by atoms with van der Waals surface area (Å²) in [4.78, 5) is 15.6. The zero-order valence-corrected chi connectivity index (χ0v) is 10.8. The molecule has 0 aliphatic heterocycles. The fraction of sp³-hybridized carbons (Fsp3) is 0.0909. The number of carbonyl (C=O) groups is 1. The Kier molecular flexibility index (Phi) is 4.11. The normalized spacial score (nSPS) is 10.3. The van der Waals surface area contributed by atoms with Gasteiger partial charge in [0.05, 0.1) is 23.3 Å². The molecule has 0 fully saturated rings.